The Morgan fingerprint density at radius 1 is 1.50 bits per heavy atom. The van der Waals surface area contributed by atoms with E-state index in [-0.39, 0.29) is 18.2 Å². The molecule has 1 atom stereocenters. The van der Waals surface area contributed by atoms with Crippen LogP contribution in [-0.4, -0.2) is 11.1 Å². The van der Waals surface area contributed by atoms with Crippen LogP contribution in [0.3, 0.4) is 0 Å². The van der Waals surface area contributed by atoms with Gasteiger partial charge in [-0.1, -0.05) is 19.1 Å². The molecule has 1 aromatic carbocycles. The summed E-state index contributed by atoms with van der Waals surface area (Å²) in [5, 5.41) is 8.36. The molecule has 14 heavy (non-hydrogen) atoms. The minimum atomic E-state index is -0.380. The number of hydrogen-bond donors (Lipinski definition) is 3. The van der Waals surface area contributed by atoms with Crippen LogP contribution < -0.4 is 11.2 Å². The van der Waals surface area contributed by atoms with Gasteiger partial charge in [-0.05, 0) is 23.6 Å². The highest BCUT2D eigenvalue weighted by molar-refractivity contribution is 5.75. The fourth-order valence-electron chi connectivity index (χ4n) is 1.27. The SMILES string of the molecule is CC(CC(=O)NO)c1ccc(N)cc1. The fourth-order valence-corrected chi connectivity index (χ4v) is 1.27. The van der Waals surface area contributed by atoms with E-state index < -0.39 is 0 Å². The summed E-state index contributed by atoms with van der Waals surface area (Å²) in [6.45, 7) is 1.92. The van der Waals surface area contributed by atoms with E-state index in [4.69, 9.17) is 10.9 Å². The van der Waals surface area contributed by atoms with Crippen LogP contribution in [0.25, 0.3) is 0 Å². The normalized spacial score (nSPS) is 12.1. The summed E-state index contributed by atoms with van der Waals surface area (Å²) in [5.41, 5.74) is 8.88. The molecule has 0 aliphatic rings. The zero-order chi connectivity index (χ0) is 10.6. The highest BCUT2D eigenvalue weighted by atomic mass is 16.5. The maximum Gasteiger partial charge on any atom is 0.243 e. The number of hydrogen-bond acceptors (Lipinski definition) is 3. The molecule has 4 N–H and O–H groups in total. The second kappa shape index (κ2) is 4.62. The zero-order valence-electron chi connectivity index (χ0n) is 8.03. The van der Waals surface area contributed by atoms with Gasteiger partial charge in [0.25, 0.3) is 0 Å². The Hall–Kier alpha value is -1.55. The number of amides is 1. The number of rotatable bonds is 3. The van der Waals surface area contributed by atoms with E-state index in [0.29, 0.717) is 5.69 Å². The lowest BCUT2D eigenvalue weighted by Gasteiger charge is -2.10. The minimum absolute atomic E-state index is 0.0720. The first-order chi connectivity index (χ1) is 6.63. The summed E-state index contributed by atoms with van der Waals surface area (Å²) in [4.78, 5) is 10.9. The lowest BCUT2D eigenvalue weighted by atomic mass is 9.97. The second-order valence-corrected chi connectivity index (χ2v) is 3.31. The number of nitrogens with one attached hydrogen (secondary N) is 1. The molecule has 0 aromatic heterocycles. The van der Waals surface area contributed by atoms with Crippen LogP contribution in [-0.2, 0) is 4.79 Å². The third-order valence-corrected chi connectivity index (χ3v) is 2.12. The number of nitrogen functional groups attached to an aromatic ring is 1. The smallest absolute Gasteiger partial charge is 0.243 e. The van der Waals surface area contributed by atoms with Crippen LogP contribution in [0.2, 0.25) is 0 Å². The van der Waals surface area contributed by atoms with E-state index in [2.05, 4.69) is 0 Å². The zero-order valence-corrected chi connectivity index (χ0v) is 8.03. The Labute approximate surface area is 82.7 Å². The number of carbonyl (C=O) groups excluding carboxylic acids is 1. The average molecular weight is 194 g/mol. The molecule has 1 rings (SSSR count). The Balaban J connectivity index is 2.65. The molecule has 1 amide bonds. The molecule has 0 radical (unpaired) electrons. The monoisotopic (exact) mass is 194 g/mol. The van der Waals surface area contributed by atoms with E-state index >= 15 is 0 Å². The fraction of sp³-hybridized carbons (Fsp3) is 0.300. The number of anilines is 1. The molecule has 0 bridgehead atoms. The predicted octanol–water partition coefficient (Wildman–Crippen LogP) is 1.27. The molecule has 0 saturated carbocycles. The summed E-state index contributed by atoms with van der Waals surface area (Å²) in [7, 11) is 0. The lowest BCUT2D eigenvalue weighted by molar-refractivity contribution is -0.129. The maximum absolute atomic E-state index is 10.9. The summed E-state index contributed by atoms with van der Waals surface area (Å²) >= 11 is 0. The molecular formula is C10H14N2O2. The standard InChI is InChI=1S/C10H14N2O2/c1-7(6-10(13)12-14)8-2-4-9(11)5-3-8/h2-5,7,14H,6,11H2,1H3,(H,12,13). The van der Waals surface area contributed by atoms with E-state index in [1.807, 2.05) is 19.1 Å². The second-order valence-electron chi connectivity index (χ2n) is 3.31. The van der Waals surface area contributed by atoms with E-state index in [1.54, 1.807) is 17.6 Å². The van der Waals surface area contributed by atoms with Crippen LogP contribution in [0.4, 0.5) is 5.69 Å². The first kappa shape index (κ1) is 10.5. The Morgan fingerprint density at radius 3 is 2.57 bits per heavy atom. The van der Waals surface area contributed by atoms with Crippen LogP contribution >= 0.6 is 0 Å². The molecule has 0 spiro atoms. The molecule has 0 aliphatic carbocycles. The summed E-state index contributed by atoms with van der Waals surface area (Å²) in [6, 6.07) is 7.35. The third-order valence-electron chi connectivity index (χ3n) is 2.12. The molecule has 0 fully saturated rings. The van der Waals surface area contributed by atoms with Crippen molar-refractivity contribution in [2.24, 2.45) is 0 Å². The quantitative estimate of drug-likeness (QED) is 0.385. The molecule has 1 unspecified atom stereocenters. The topological polar surface area (TPSA) is 75.3 Å². The Bertz CT molecular complexity index is 308. The van der Waals surface area contributed by atoms with Crippen molar-refractivity contribution in [3.63, 3.8) is 0 Å². The lowest BCUT2D eigenvalue weighted by Crippen LogP contribution is -2.20. The van der Waals surface area contributed by atoms with E-state index in [1.165, 1.54) is 0 Å². The molecule has 0 saturated heterocycles. The van der Waals surface area contributed by atoms with Gasteiger partial charge < -0.3 is 5.73 Å². The van der Waals surface area contributed by atoms with Crippen molar-refractivity contribution in [1.29, 1.82) is 0 Å². The third kappa shape index (κ3) is 2.74. The van der Waals surface area contributed by atoms with Crippen molar-refractivity contribution in [3.8, 4) is 0 Å². The number of carbonyl (C=O) groups is 1. The van der Waals surface area contributed by atoms with Gasteiger partial charge >= 0.3 is 0 Å². The van der Waals surface area contributed by atoms with Crippen LogP contribution in [0.15, 0.2) is 24.3 Å². The van der Waals surface area contributed by atoms with Gasteiger partial charge in [-0.3, -0.25) is 10.0 Å². The molecule has 76 valence electrons. The summed E-state index contributed by atoms with van der Waals surface area (Å²) < 4.78 is 0. The van der Waals surface area contributed by atoms with Gasteiger partial charge in [0.2, 0.25) is 5.91 Å². The van der Waals surface area contributed by atoms with Gasteiger partial charge in [0, 0.05) is 12.1 Å². The average Bonchev–Trinajstić information content (AvgIpc) is 2.18. The van der Waals surface area contributed by atoms with Gasteiger partial charge in [-0.15, -0.1) is 0 Å². The molecule has 1 aromatic rings. The Kier molecular flexibility index (Phi) is 3.48. The van der Waals surface area contributed by atoms with Crippen molar-refractivity contribution in [3.05, 3.63) is 29.8 Å². The largest absolute Gasteiger partial charge is 0.399 e. The summed E-state index contributed by atoms with van der Waals surface area (Å²) in [5.74, 6) is -0.308. The van der Waals surface area contributed by atoms with Gasteiger partial charge in [0.15, 0.2) is 0 Å². The number of benzene rings is 1. The van der Waals surface area contributed by atoms with Crippen molar-refractivity contribution in [1.82, 2.24) is 5.48 Å². The van der Waals surface area contributed by atoms with Gasteiger partial charge in [0.1, 0.15) is 0 Å². The molecule has 4 heteroatoms. The molecule has 4 nitrogen and oxygen atoms in total. The van der Waals surface area contributed by atoms with Crippen LogP contribution in [0, 0.1) is 0 Å². The highest BCUT2D eigenvalue weighted by Crippen LogP contribution is 2.19. The van der Waals surface area contributed by atoms with Crippen molar-refractivity contribution in [2.45, 2.75) is 19.3 Å². The molecule has 0 heterocycles. The highest BCUT2D eigenvalue weighted by Gasteiger charge is 2.09. The van der Waals surface area contributed by atoms with Gasteiger partial charge in [-0.2, -0.15) is 0 Å². The number of nitrogens with two attached hydrogens (primary N) is 1. The Morgan fingerprint density at radius 2 is 2.07 bits per heavy atom. The number of hydroxylamine groups is 1. The first-order valence-corrected chi connectivity index (χ1v) is 4.42. The van der Waals surface area contributed by atoms with E-state index in [0.717, 1.165) is 5.56 Å². The van der Waals surface area contributed by atoms with E-state index in [9.17, 15) is 4.79 Å². The first-order valence-electron chi connectivity index (χ1n) is 4.42. The maximum atomic E-state index is 10.9. The molecule has 0 aliphatic heterocycles. The van der Waals surface area contributed by atoms with Crippen molar-refractivity contribution in [2.75, 3.05) is 5.73 Å². The van der Waals surface area contributed by atoms with Crippen molar-refractivity contribution < 1.29 is 10.0 Å². The van der Waals surface area contributed by atoms with Gasteiger partial charge in [-0.25, -0.2) is 5.48 Å². The van der Waals surface area contributed by atoms with Crippen LogP contribution in [0.5, 0.6) is 0 Å². The minimum Gasteiger partial charge on any atom is -0.399 e. The molecular weight excluding hydrogens is 180 g/mol. The summed E-state index contributed by atoms with van der Waals surface area (Å²) in [6.07, 6.45) is 0.264. The van der Waals surface area contributed by atoms with Crippen molar-refractivity contribution >= 4 is 11.6 Å². The van der Waals surface area contributed by atoms with Gasteiger partial charge in [0.05, 0.1) is 0 Å². The van der Waals surface area contributed by atoms with Crippen LogP contribution in [0.1, 0.15) is 24.8 Å². The predicted molar refractivity (Wildman–Crippen MR) is 53.8 cm³/mol.